The van der Waals surface area contributed by atoms with Crippen molar-refractivity contribution in [2.75, 3.05) is 18.5 Å². The van der Waals surface area contributed by atoms with E-state index in [4.69, 9.17) is 21.1 Å². The summed E-state index contributed by atoms with van der Waals surface area (Å²) in [6.45, 7) is 1.46. The summed E-state index contributed by atoms with van der Waals surface area (Å²) in [6, 6.07) is 5.64. The van der Waals surface area contributed by atoms with Gasteiger partial charge in [-0.3, -0.25) is 9.78 Å². The van der Waals surface area contributed by atoms with Crippen LogP contribution in [-0.4, -0.2) is 39.2 Å². The van der Waals surface area contributed by atoms with Crippen LogP contribution in [0.3, 0.4) is 0 Å². The predicted molar refractivity (Wildman–Crippen MR) is 124 cm³/mol. The average molecular weight is 488 g/mol. The van der Waals surface area contributed by atoms with Crippen LogP contribution in [0.2, 0.25) is 5.02 Å². The van der Waals surface area contributed by atoms with Crippen LogP contribution in [0.1, 0.15) is 18.7 Å². The summed E-state index contributed by atoms with van der Waals surface area (Å²) in [5.41, 5.74) is 1.24. The molecule has 8 nitrogen and oxygen atoms in total. The number of fused-ring (bicyclic) bond motifs is 1. The number of rotatable bonds is 7. The summed E-state index contributed by atoms with van der Waals surface area (Å²) in [6.07, 6.45) is 3.88. The molecule has 0 aliphatic carbocycles. The van der Waals surface area contributed by atoms with Crippen LogP contribution in [0.5, 0.6) is 5.75 Å². The molecule has 11 heteroatoms. The van der Waals surface area contributed by atoms with E-state index < -0.39 is 5.82 Å². The zero-order valence-corrected chi connectivity index (χ0v) is 18.9. The molecule has 1 aromatic carbocycles. The zero-order valence-electron chi connectivity index (χ0n) is 17.3. The lowest BCUT2D eigenvalue weighted by Gasteiger charge is -2.09. The molecule has 4 aromatic rings. The summed E-state index contributed by atoms with van der Waals surface area (Å²) >= 11 is 7.25. The monoisotopic (exact) mass is 487 g/mol. The summed E-state index contributed by atoms with van der Waals surface area (Å²) in [4.78, 5) is 29.0. The van der Waals surface area contributed by atoms with Crippen molar-refractivity contribution in [3.8, 4) is 17.1 Å². The van der Waals surface area contributed by atoms with Crippen molar-refractivity contribution < 1.29 is 13.9 Å². The first-order chi connectivity index (χ1) is 16.1. The minimum atomic E-state index is -0.537. The smallest absolute Gasteiger partial charge is 0.258 e. The predicted octanol–water partition coefficient (Wildman–Crippen LogP) is 4.40. The number of hydrogen-bond donors (Lipinski definition) is 2. The van der Waals surface area contributed by atoms with E-state index in [2.05, 4.69) is 25.3 Å². The number of H-pyrrole nitrogens is 1. The maximum atomic E-state index is 13.4. The van der Waals surface area contributed by atoms with Crippen molar-refractivity contribution in [3.63, 3.8) is 0 Å². The number of aromatic nitrogens is 4. The van der Waals surface area contributed by atoms with E-state index in [1.165, 1.54) is 29.5 Å². The van der Waals surface area contributed by atoms with Crippen molar-refractivity contribution in [2.45, 2.75) is 25.6 Å². The Kier molecular flexibility index (Phi) is 6.21. The summed E-state index contributed by atoms with van der Waals surface area (Å²) in [5.74, 6) is 0.121. The van der Waals surface area contributed by atoms with Crippen molar-refractivity contribution in [1.82, 2.24) is 19.9 Å². The number of thiazole rings is 1. The van der Waals surface area contributed by atoms with Gasteiger partial charge in [0.25, 0.3) is 5.56 Å². The normalized spacial score (nSPS) is 15.8. The van der Waals surface area contributed by atoms with Gasteiger partial charge in [-0.05, 0) is 31.0 Å². The zero-order chi connectivity index (χ0) is 22.8. The van der Waals surface area contributed by atoms with Gasteiger partial charge in [0.05, 0.1) is 16.5 Å². The lowest BCUT2D eigenvalue weighted by molar-refractivity contribution is 0.120. The molecule has 5 rings (SSSR count). The number of hydrogen-bond acceptors (Lipinski definition) is 8. The molecule has 170 valence electrons. The van der Waals surface area contributed by atoms with Gasteiger partial charge < -0.3 is 19.8 Å². The molecule has 0 saturated carbocycles. The summed E-state index contributed by atoms with van der Waals surface area (Å²) < 4.78 is 24.6. The Morgan fingerprint density at radius 3 is 3.06 bits per heavy atom. The molecule has 2 N–H and O–H groups in total. The van der Waals surface area contributed by atoms with Crippen LogP contribution in [0.25, 0.3) is 22.3 Å². The Bertz CT molecular complexity index is 1360. The van der Waals surface area contributed by atoms with E-state index in [1.54, 1.807) is 12.3 Å². The Morgan fingerprint density at radius 1 is 1.33 bits per heavy atom. The fourth-order valence-electron chi connectivity index (χ4n) is 3.56. The summed E-state index contributed by atoms with van der Waals surface area (Å²) in [5, 5.41) is 6.28. The van der Waals surface area contributed by atoms with Gasteiger partial charge in [0.1, 0.15) is 40.9 Å². The first kappa shape index (κ1) is 21.7. The lowest BCUT2D eigenvalue weighted by atomic mass is 10.2. The number of ether oxygens (including phenoxy) is 2. The van der Waals surface area contributed by atoms with Gasteiger partial charge in [0.2, 0.25) is 0 Å². The number of anilines is 1. The second kappa shape index (κ2) is 9.42. The molecule has 0 amide bonds. The lowest BCUT2D eigenvalue weighted by Crippen LogP contribution is -2.18. The van der Waals surface area contributed by atoms with Crippen LogP contribution in [0.4, 0.5) is 9.52 Å². The van der Waals surface area contributed by atoms with Crippen molar-refractivity contribution in [3.05, 3.63) is 62.9 Å². The molecule has 1 atom stereocenters. The number of halogens is 2. The van der Waals surface area contributed by atoms with Gasteiger partial charge in [0, 0.05) is 30.8 Å². The topological polar surface area (TPSA) is 102 Å². The quantitative estimate of drug-likeness (QED) is 0.398. The highest BCUT2D eigenvalue weighted by Gasteiger charge is 2.17. The third-order valence-corrected chi connectivity index (χ3v) is 6.28. The van der Waals surface area contributed by atoms with Crippen LogP contribution < -0.4 is 15.6 Å². The van der Waals surface area contributed by atoms with Gasteiger partial charge in [-0.25, -0.2) is 14.4 Å². The first-order valence-corrected chi connectivity index (χ1v) is 11.6. The fraction of sp³-hybridized carbons (Fsp3) is 0.273. The van der Waals surface area contributed by atoms with E-state index in [9.17, 15) is 9.18 Å². The highest BCUT2D eigenvalue weighted by Crippen LogP contribution is 2.28. The second-order valence-corrected chi connectivity index (χ2v) is 8.75. The largest absolute Gasteiger partial charge is 0.486 e. The number of nitrogens with one attached hydrogen (secondary N) is 2. The van der Waals surface area contributed by atoms with Crippen LogP contribution in [0.15, 0.2) is 40.6 Å². The second-order valence-electron chi connectivity index (χ2n) is 7.49. The molecule has 1 saturated heterocycles. The van der Waals surface area contributed by atoms with Crippen LogP contribution in [-0.2, 0) is 11.3 Å². The molecule has 33 heavy (non-hydrogen) atoms. The van der Waals surface area contributed by atoms with Crippen LogP contribution >= 0.6 is 22.9 Å². The van der Waals surface area contributed by atoms with E-state index in [0.29, 0.717) is 40.4 Å². The average Bonchev–Trinajstić information content (AvgIpc) is 3.50. The molecule has 0 spiro atoms. The highest BCUT2D eigenvalue weighted by molar-refractivity contribution is 7.14. The molecule has 1 aliphatic heterocycles. The standard InChI is InChI=1S/C22H19ClFN5O3S/c23-15-8-12(3-4-16(15)24)32-10-18-28-19-14(21(30)29-18)5-6-25-20(19)17-11-33-22(27-17)26-9-13-2-1-7-31-13/h3-6,8,11,13H,1-2,7,9-10H2,(H,26,27)(H,28,29,30). The van der Waals surface area contributed by atoms with Gasteiger partial charge >= 0.3 is 0 Å². The van der Waals surface area contributed by atoms with Crippen LogP contribution in [0, 0.1) is 5.82 Å². The van der Waals surface area contributed by atoms with Gasteiger partial charge in [-0.1, -0.05) is 11.6 Å². The van der Waals surface area contributed by atoms with E-state index in [0.717, 1.165) is 24.6 Å². The summed E-state index contributed by atoms with van der Waals surface area (Å²) in [7, 11) is 0. The number of pyridine rings is 1. The first-order valence-electron chi connectivity index (χ1n) is 10.3. The third kappa shape index (κ3) is 4.82. The molecule has 4 heterocycles. The van der Waals surface area contributed by atoms with Crippen molar-refractivity contribution in [1.29, 1.82) is 0 Å². The number of nitrogens with zero attached hydrogens (tertiary/aromatic N) is 3. The van der Waals surface area contributed by atoms with Crippen molar-refractivity contribution in [2.24, 2.45) is 0 Å². The van der Waals surface area contributed by atoms with Gasteiger partial charge in [0.15, 0.2) is 5.13 Å². The third-order valence-electron chi connectivity index (χ3n) is 5.19. The Morgan fingerprint density at radius 2 is 2.24 bits per heavy atom. The maximum Gasteiger partial charge on any atom is 0.258 e. The molecule has 0 radical (unpaired) electrons. The molecule has 3 aromatic heterocycles. The molecule has 0 bridgehead atoms. The highest BCUT2D eigenvalue weighted by atomic mass is 35.5. The van der Waals surface area contributed by atoms with Crippen molar-refractivity contribution >= 4 is 39.0 Å². The van der Waals surface area contributed by atoms with Gasteiger partial charge in [-0.2, -0.15) is 0 Å². The number of aromatic amines is 1. The molecule has 1 aliphatic rings. The molecule has 1 unspecified atom stereocenters. The maximum absolute atomic E-state index is 13.4. The van der Waals surface area contributed by atoms with E-state index in [1.807, 2.05) is 5.38 Å². The molecular weight excluding hydrogens is 469 g/mol. The number of benzene rings is 1. The minimum Gasteiger partial charge on any atom is -0.486 e. The Labute approximate surface area is 196 Å². The fourth-order valence-corrected chi connectivity index (χ4v) is 4.43. The van der Waals surface area contributed by atoms with E-state index in [-0.39, 0.29) is 23.3 Å². The Balaban J connectivity index is 1.39. The minimum absolute atomic E-state index is 0.0350. The Hall–Kier alpha value is -3.08. The molecular formula is C22H19ClFN5O3S. The SMILES string of the molecule is O=c1[nH]c(COc2ccc(F)c(Cl)c2)nc2c(-c3csc(NCC4CCCO4)n3)nccc12. The molecule has 1 fully saturated rings. The van der Waals surface area contributed by atoms with E-state index >= 15 is 0 Å². The van der Waals surface area contributed by atoms with Gasteiger partial charge in [-0.15, -0.1) is 11.3 Å².